The van der Waals surface area contributed by atoms with Gasteiger partial charge in [-0.15, -0.1) is 0 Å². The molecule has 3 rings (SSSR count). The highest BCUT2D eigenvalue weighted by atomic mass is 16.4. The second kappa shape index (κ2) is 7.70. The smallest absolute Gasteiger partial charge is 0.329 e. The van der Waals surface area contributed by atoms with Crippen LogP contribution in [0.25, 0.3) is 0 Å². The van der Waals surface area contributed by atoms with E-state index >= 15 is 0 Å². The van der Waals surface area contributed by atoms with Crippen molar-refractivity contribution in [2.45, 2.75) is 31.7 Å². The molecule has 132 valence electrons. The molecule has 0 bridgehead atoms. The van der Waals surface area contributed by atoms with Crippen LogP contribution in [-0.2, 0) is 11.2 Å². The van der Waals surface area contributed by atoms with E-state index < -0.39 is 11.5 Å². The highest BCUT2D eigenvalue weighted by molar-refractivity contribution is 5.83. The predicted molar refractivity (Wildman–Crippen MR) is 101 cm³/mol. The predicted octanol–water partition coefficient (Wildman–Crippen LogP) is 3.57. The molecule has 0 saturated carbocycles. The molecule has 2 N–H and O–H groups in total. The lowest BCUT2D eigenvalue weighted by Crippen LogP contribution is -2.54. The van der Waals surface area contributed by atoms with E-state index in [2.05, 4.69) is 34.5 Å². The van der Waals surface area contributed by atoms with Crippen LogP contribution in [0.4, 0.5) is 5.69 Å². The normalized spacial score (nSPS) is 17.2. The van der Waals surface area contributed by atoms with Crippen LogP contribution in [0.15, 0.2) is 54.6 Å². The van der Waals surface area contributed by atoms with Gasteiger partial charge in [0, 0.05) is 25.3 Å². The minimum atomic E-state index is -0.863. The standard InChI is InChI=1S/C21H26N2O2/c1-17-7-9-19(10-8-17)22-21(20(24)25)12-15-23(16-13-21)14-11-18-5-3-2-4-6-18/h2-10,22H,11-16H2,1H3,(H,24,25). The maximum absolute atomic E-state index is 12.0. The van der Waals surface area contributed by atoms with E-state index in [1.165, 1.54) is 11.1 Å². The molecule has 1 aliphatic rings. The van der Waals surface area contributed by atoms with E-state index in [0.717, 1.165) is 31.7 Å². The second-order valence-corrected chi connectivity index (χ2v) is 6.96. The number of anilines is 1. The SMILES string of the molecule is Cc1ccc(NC2(C(=O)O)CCN(CCc3ccccc3)CC2)cc1. The van der Waals surface area contributed by atoms with Gasteiger partial charge >= 0.3 is 5.97 Å². The maximum atomic E-state index is 12.0. The average molecular weight is 338 g/mol. The Morgan fingerprint density at radius 1 is 1.08 bits per heavy atom. The van der Waals surface area contributed by atoms with Crippen LogP contribution in [0.3, 0.4) is 0 Å². The van der Waals surface area contributed by atoms with Crippen LogP contribution >= 0.6 is 0 Å². The molecule has 0 aliphatic carbocycles. The number of benzene rings is 2. The zero-order chi connectivity index (χ0) is 17.7. The largest absolute Gasteiger partial charge is 0.480 e. The van der Waals surface area contributed by atoms with Crippen molar-refractivity contribution in [3.8, 4) is 0 Å². The quantitative estimate of drug-likeness (QED) is 0.845. The number of carboxylic acids is 1. The van der Waals surface area contributed by atoms with E-state index in [4.69, 9.17) is 0 Å². The van der Waals surface area contributed by atoms with Crippen molar-refractivity contribution in [1.29, 1.82) is 0 Å². The Morgan fingerprint density at radius 2 is 1.72 bits per heavy atom. The zero-order valence-corrected chi connectivity index (χ0v) is 14.7. The first-order chi connectivity index (χ1) is 12.1. The summed E-state index contributed by atoms with van der Waals surface area (Å²) in [5.74, 6) is -0.754. The van der Waals surface area contributed by atoms with Gasteiger partial charge in [0.05, 0.1) is 0 Å². The summed E-state index contributed by atoms with van der Waals surface area (Å²) in [6.07, 6.45) is 2.24. The van der Waals surface area contributed by atoms with Gasteiger partial charge in [-0.3, -0.25) is 0 Å². The Balaban J connectivity index is 1.58. The number of carbonyl (C=O) groups is 1. The summed E-state index contributed by atoms with van der Waals surface area (Å²) in [6.45, 7) is 4.61. The van der Waals surface area contributed by atoms with E-state index in [1.807, 2.05) is 37.3 Å². The van der Waals surface area contributed by atoms with Gasteiger partial charge in [-0.05, 0) is 43.9 Å². The fraction of sp³-hybridized carbons (Fsp3) is 0.381. The van der Waals surface area contributed by atoms with Crippen LogP contribution in [0, 0.1) is 6.92 Å². The number of likely N-dealkylation sites (tertiary alicyclic amines) is 1. The molecule has 0 aromatic heterocycles. The molecule has 1 heterocycles. The topological polar surface area (TPSA) is 52.6 Å². The van der Waals surface area contributed by atoms with Crippen molar-refractivity contribution >= 4 is 11.7 Å². The lowest BCUT2D eigenvalue weighted by atomic mass is 9.87. The molecule has 4 nitrogen and oxygen atoms in total. The Labute approximate surface area is 149 Å². The molecule has 1 saturated heterocycles. The molecule has 1 aliphatic heterocycles. The zero-order valence-electron chi connectivity index (χ0n) is 14.7. The summed E-state index contributed by atoms with van der Waals surface area (Å²) >= 11 is 0. The Kier molecular flexibility index (Phi) is 5.39. The van der Waals surface area contributed by atoms with Crippen molar-refractivity contribution < 1.29 is 9.90 Å². The van der Waals surface area contributed by atoms with Crippen molar-refractivity contribution in [3.05, 3.63) is 65.7 Å². The minimum absolute atomic E-state index is 0.616. The van der Waals surface area contributed by atoms with Gasteiger partial charge < -0.3 is 15.3 Å². The van der Waals surface area contributed by atoms with Crippen molar-refractivity contribution in [2.24, 2.45) is 0 Å². The number of carboxylic acid groups (broad SMARTS) is 1. The van der Waals surface area contributed by atoms with E-state index in [0.29, 0.717) is 12.8 Å². The van der Waals surface area contributed by atoms with E-state index in [9.17, 15) is 9.90 Å². The van der Waals surface area contributed by atoms with Gasteiger partial charge in [-0.1, -0.05) is 48.0 Å². The summed E-state index contributed by atoms with van der Waals surface area (Å²) < 4.78 is 0. The van der Waals surface area contributed by atoms with Crippen LogP contribution in [-0.4, -0.2) is 41.1 Å². The number of aryl methyl sites for hydroxylation is 1. The number of hydrogen-bond donors (Lipinski definition) is 2. The molecule has 0 amide bonds. The lowest BCUT2D eigenvalue weighted by Gasteiger charge is -2.40. The van der Waals surface area contributed by atoms with Gasteiger partial charge in [-0.25, -0.2) is 4.79 Å². The average Bonchev–Trinajstić information content (AvgIpc) is 2.64. The summed E-state index contributed by atoms with van der Waals surface area (Å²) in [4.78, 5) is 14.3. The van der Waals surface area contributed by atoms with Crippen LogP contribution in [0.5, 0.6) is 0 Å². The Hall–Kier alpha value is -2.33. The fourth-order valence-electron chi connectivity index (χ4n) is 3.40. The number of rotatable bonds is 6. The number of nitrogens with one attached hydrogen (secondary N) is 1. The lowest BCUT2D eigenvalue weighted by molar-refractivity contribution is -0.144. The molecular formula is C21H26N2O2. The fourth-order valence-corrected chi connectivity index (χ4v) is 3.40. The van der Waals surface area contributed by atoms with Crippen molar-refractivity contribution in [1.82, 2.24) is 4.90 Å². The highest BCUT2D eigenvalue weighted by Gasteiger charge is 2.41. The third kappa shape index (κ3) is 4.40. The Morgan fingerprint density at radius 3 is 2.32 bits per heavy atom. The number of piperidine rings is 1. The van der Waals surface area contributed by atoms with E-state index in [1.54, 1.807) is 0 Å². The molecule has 2 aromatic carbocycles. The summed E-state index contributed by atoms with van der Waals surface area (Å²) in [5.41, 5.74) is 2.52. The molecule has 0 atom stereocenters. The minimum Gasteiger partial charge on any atom is -0.480 e. The van der Waals surface area contributed by atoms with Gasteiger partial charge in [-0.2, -0.15) is 0 Å². The van der Waals surface area contributed by atoms with Crippen LogP contribution in [0.2, 0.25) is 0 Å². The molecule has 4 heteroatoms. The number of aliphatic carboxylic acids is 1. The van der Waals surface area contributed by atoms with Crippen LogP contribution < -0.4 is 5.32 Å². The first kappa shape index (κ1) is 17.5. The third-order valence-electron chi connectivity index (χ3n) is 5.11. The Bertz CT molecular complexity index is 690. The third-order valence-corrected chi connectivity index (χ3v) is 5.11. The van der Waals surface area contributed by atoms with Crippen molar-refractivity contribution in [2.75, 3.05) is 25.0 Å². The van der Waals surface area contributed by atoms with Gasteiger partial charge in [0.1, 0.15) is 5.54 Å². The molecular weight excluding hydrogens is 312 g/mol. The molecule has 2 aromatic rings. The van der Waals surface area contributed by atoms with Crippen LogP contribution in [0.1, 0.15) is 24.0 Å². The molecule has 0 spiro atoms. The van der Waals surface area contributed by atoms with Gasteiger partial charge in [0.15, 0.2) is 0 Å². The maximum Gasteiger partial charge on any atom is 0.329 e. The summed E-state index contributed by atoms with van der Waals surface area (Å²) in [6, 6.07) is 18.4. The first-order valence-corrected chi connectivity index (χ1v) is 8.92. The first-order valence-electron chi connectivity index (χ1n) is 8.92. The van der Waals surface area contributed by atoms with Gasteiger partial charge in [0.2, 0.25) is 0 Å². The van der Waals surface area contributed by atoms with E-state index in [-0.39, 0.29) is 0 Å². The summed E-state index contributed by atoms with van der Waals surface area (Å²) in [5, 5.41) is 13.1. The van der Waals surface area contributed by atoms with Gasteiger partial charge in [0.25, 0.3) is 0 Å². The number of hydrogen-bond acceptors (Lipinski definition) is 3. The molecule has 0 unspecified atom stereocenters. The summed E-state index contributed by atoms with van der Waals surface area (Å²) in [7, 11) is 0. The number of nitrogens with zero attached hydrogens (tertiary/aromatic N) is 1. The monoisotopic (exact) mass is 338 g/mol. The second-order valence-electron chi connectivity index (χ2n) is 6.96. The molecule has 0 radical (unpaired) electrons. The van der Waals surface area contributed by atoms with Crippen molar-refractivity contribution in [3.63, 3.8) is 0 Å². The molecule has 25 heavy (non-hydrogen) atoms. The highest BCUT2D eigenvalue weighted by Crippen LogP contribution is 2.28. The molecule has 1 fully saturated rings.